The van der Waals surface area contributed by atoms with Crippen LogP contribution in [0.4, 0.5) is 0 Å². The molecule has 0 spiro atoms. The molecule has 0 radical (unpaired) electrons. The number of rotatable bonds is 1. The summed E-state index contributed by atoms with van der Waals surface area (Å²) in [6.45, 7) is 0. The summed E-state index contributed by atoms with van der Waals surface area (Å²) in [5.74, 6) is 0. The van der Waals surface area contributed by atoms with Gasteiger partial charge in [0, 0.05) is 27.0 Å². The maximum atomic E-state index is 4.44. The Morgan fingerprint density at radius 2 is 1.81 bits per heavy atom. The highest BCUT2D eigenvalue weighted by atomic mass is 127. The molecule has 2 nitrogen and oxygen atoms in total. The first-order valence-corrected chi connectivity index (χ1v) is 6.11. The quantitative estimate of drug-likeness (QED) is 0.626. The number of halogens is 1. The second kappa shape index (κ2) is 3.90. The lowest BCUT2D eigenvalue weighted by Gasteiger charge is -2.03. The maximum Gasteiger partial charge on any atom is 0.145 e. The van der Waals surface area contributed by atoms with E-state index >= 15 is 0 Å². The lowest BCUT2D eigenvalue weighted by atomic mass is 10.3. The normalized spacial score (nSPS) is 10.8. The first-order chi connectivity index (χ1) is 7.86. The number of pyridine rings is 1. The third-order valence-electron chi connectivity index (χ3n) is 2.55. The molecule has 0 aliphatic rings. The molecular weight excluding hydrogens is 311 g/mol. The van der Waals surface area contributed by atoms with Gasteiger partial charge < -0.3 is 4.57 Å². The Labute approximate surface area is 107 Å². The Hall–Kier alpha value is -1.36. The van der Waals surface area contributed by atoms with Crippen LogP contribution in [-0.4, -0.2) is 9.55 Å². The van der Waals surface area contributed by atoms with E-state index in [-0.39, 0.29) is 0 Å². The summed E-state index contributed by atoms with van der Waals surface area (Å²) in [5.41, 5.74) is 2.16. The zero-order valence-electron chi connectivity index (χ0n) is 8.47. The zero-order chi connectivity index (χ0) is 11.0. The number of para-hydroxylation sites is 1. The van der Waals surface area contributed by atoms with Crippen molar-refractivity contribution in [2.75, 3.05) is 0 Å². The number of fused-ring (bicyclic) bond motifs is 1. The fraction of sp³-hybridized carbons (Fsp3) is 0. The molecule has 2 aromatic heterocycles. The standard InChI is InChI=1S/C13H9IN2/c14-12-9-16(10-5-2-1-3-6-10)13-11(12)7-4-8-15-13/h1-9H. The van der Waals surface area contributed by atoms with Gasteiger partial charge in [-0.05, 0) is 46.9 Å². The second-order valence-electron chi connectivity index (χ2n) is 3.56. The summed E-state index contributed by atoms with van der Waals surface area (Å²) >= 11 is 2.34. The van der Waals surface area contributed by atoms with E-state index in [2.05, 4.69) is 56.5 Å². The van der Waals surface area contributed by atoms with E-state index in [9.17, 15) is 0 Å². The van der Waals surface area contributed by atoms with Gasteiger partial charge in [-0.1, -0.05) is 18.2 Å². The predicted octanol–water partition coefficient (Wildman–Crippen LogP) is 3.63. The minimum atomic E-state index is 1.01. The van der Waals surface area contributed by atoms with Crippen molar-refractivity contribution in [3.8, 4) is 5.69 Å². The van der Waals surface area contributed by atoms with Crippen LogP contribution in [0.25, 0.3) is 16.7 Å². The van der Waals surface area contributed by atoms with Crippen LogP contribution in [0.1, 0.15) is 0 Å². The minimum absolute atomic E-state index is 1.01. The molecule has 3 heteroatoms. The van der Waals surface area contributed by atoms with Gasteiger partial charge in [-0.2, -0.15) is 0 Å². The topological polar surface area (TPSA) is 17.8 Å². The summed E-state index contributed by atoms with van der Waals surface area (Å²) in [6, 6.07) is 14.3. The Morgan fingerprint density at radius 1 is 1.00 bits per heavy atom. The maximum absolute atomic E-state index is 4.44. The first kappa shape index (κ1) is 9.84. The average Bonchev–Trinajstić information content (AvgIpc) is 2.69. The number of nitrogens with zero attached hydrogens (tertiary/aromatic N) is 2. The van der Waals surface area contributed by atoms with Crippen LogP contribution in [0.2, 0.25) is 0 Å². The van der Waals surface area contributed by atoms with Crippen LogP contribution >= 0.6 is 22.6 Å². The second-order valence-corrected chi connectivity index (χ2v) is 4.72. The third kappa shape index (κ3) is 1.51. The van der Waals surface area contributed by atoms with Crippen molar-refractivity contribution in [3.63, 3.8) is 0 Å². The molecule has 0 aliphatic carbocycles. The number of benzene rings is 1. The number of hydrogen-bond donors (Lipinski definition) is 0. The molecule has 0 unspecified atom stereocenters. The first-order valence-electron chi connectivity index (χ1n) is 5.03. The van der Waals surface area contributed by atoms with Crippen molar-refractivity contribution in [1.29, 1.82) is 0 Å². The zero-order valence-corrected chi connectivity index (χ0v) is 10.6. The summed E-state index contributed by atoms with van der Waals surface area (Å²) < 4.78 is 3.35. The molecule has 3 rings (SSSR count). The molecule has 0 saturated carbocycles. The van der Waals surface area contributed by atoms with Crippen LogP contribution in [0.3, 0.4) is 0 Å². The van der Waals surface area contributed by atoms with Crippen LogP contribution in [0, 0.1) is 3.57 Å². The molecule has 2 heterocycles. The van der Waals surface area contributed by atoms with E-state index in [0.29, 0.717) is 0 Å². The van der Waals surface area contributed by atoms with Crippen LogP contribution in [-0.2, 0) is 0 Å². The molecule has 0 saturated heterocycles. The van der Waals surface area contributed by atoms with Crippen molar-refractivity contribution >= 4 is 33.6 Å². The molecule has 0 atom stereocenters. The van der Waals surface area contributed by atoms with E-state index in [0.717, 1.165) is 11.3 Å². The molecule has 16 heavy (non-hydrogen) atoms. The fourth-order valence-corrected chi connectivity index (χ4v) is 2.50. The lowest BCUT2D eigenvalue weighted by Crippen LogP contribution is -1.92. The van der Waals surface area contributed by atoms with Gasteiger partial charge in [0.1, 0.15) is 5.65 Å². The molecule has 78 valence electrons. The van der Waals surface area contributed by atoms with Gasteiger partial charge in [0.05, 0.1) is 0 Å². The molecule has 1 aromatic carbocycles. The van der Waals surface area contributed by atoms with Crippen molar-refractivity contribution in [2.45, 2.75) is 0 Å². The van der Waals surface area contributed by atoms with Crippen LogP contribution in [0.5, 0.6) is 0 Å². The minimum Gasteiger partial charge on any atom is -0.300 e. The molecule has 0 fully saturated rings. The molecular formula is C13H9IN2. The van der Waals surface area contributed by atoms with Gasteiger partial charge in [0.25, 0.3) is 0 Å². The fourth-order valence-electron chi connectivity index (χ4n) is 1.80. The van der Waals surface area contributed by atoms with Gasteiger partial charge in [-0.25, -0.2) is 4.98 Å². The Kier molecular flexibility index (Phi) is 2.40. The van der Waals surface area contributed by atoms with Gasteiger partial charge >= 0.3 is 0 Å². The van der Waals surface area contributed by atoms with E-state index in [1.54, 1.807) is 0 Å². The summed E-state index contributed by atoms with van der Waals surface area (Å²) in [7, 11) is 0. The summed E-state index contributed by atoms with van der Waals surface area (Å²) in [6.07, 6.45) is 3.95. The molecule has 3 aromatic rings. The van der Waals surface area contributed by atoms with Crippen LogP contribution in [0.15, 0.2) is 54.9 Å². The molecule has 0 aliphatic heterocycles. The highest BCUT2D eigenvalue weighted by molar-refractivity contribution is 14.1. The van der Waals surface area contributed by atoms with Gasteiger partial charge in [-0.3, -0.25) is 0 Å². The van der Waals surface area contributed by atoms with E-state index in [1.165, 1.54) is 8.96 Å². The van der Waals surface area contributed by atoms with E-state index in [4.69, 9.17) is 0 Å². The third-order valence-corrected chi connectivity index (χ3v) is 3.41. The van der Waals surface area contributed by atoms with E-state index in [1.807, 2.05) is 30.5 Å². The lowest BCUT2D eigenvalue weighted by molar-refractivity contribution is 1.09. The average molecular weight is 320 g/mol. The Bertz CT molecular complexity index is 629. The monoisotopic (exact) mass is 320 g/mol. The van der Waals surface area contributed by atoms with Crippen molar-refractivity contribution in [2.24, 2.45) is 0 Å². The number of aromatic nitrogens is 2. The molecule has 0 amide bonds. The van der Waals surface area contributed by atoms with Crippen LogP contribution < -0.4 is 0 Å². The Morgan fingerprint density at radius 3 is 2.62 bits per heavy atom. The van der Waals surface area contributed by atoms with Gasteiger partial charge in [-0.15, -0.1) is 0 Å². The van der Waals surface area contributed by atoms with Crippen molar-refractivity contribution in [1.82, 2.24) is 9.55 Å². The van der Waals surface area contributed by atoms with Crippen molar-refractivity contribution < 1.29 is 0 Å². The van der Waals surface area contributed by atoms with Crippen molar-refractivity contribution in [3.05, 3.63) is 58.4 Å². The van der Waals surface area contributed by atoms with Gasteiger partial charge in [0.15, 0.2) is 0 Å². The molecule has 0 N–H and O–H groups in total. The summed E-state index contributed by atoms with van der Waals surface area (Å²) in [4.78, 5) is 4.44. The summed E-state index contributed by atoms with van der Waals surface area (Å²) in [5, 5.41) is 1.20. The van der Waals surface area contributed by atoms with Gasteiger partial charge in [0.2, 0.25) is 0 Å². The molecule has 0 bridgehead atoms. The predicted molar refractivity (Wildman–Crippen MR) is 73.8 cm³/mol. The highest BCUT2D eigenvalue weighted by Crippen LogP contribution is 2.23. The van der Waals surface area contributed by atoms with E-state index < -0.39 is 0 Å². The SMILES string of the molecule is Ic1cn(-c2ccccc2)c2ncccc12. The highest BCUT2D eigenvalue weighted by Gasteiger charge is 2.07. The number of hydrogen-bond acceptors (Lipinski definition) is 1. The Balaban J connectivity index is 2.33. The smallest absolute Gasteiger partial charge is 0.145 e. The largest absolute Gasteiger partial charge is 0.300 e.